The zero-order chi connectivity index (χ0) is 24.2. The lowest BCUT2D eigenvalue weighted by Gasteiger charge is -2.12. The second kappa shape index (κ2) is 9.58. The summed E-state index contributed by atoms with van der Waals surface area (Å²) in [5, 5.41) is 19.3. The minimum Gasteiger partial charge on any atom is -0.447 e. The van der Waals surface area contributed by atoms with Crippen molar-refractivity contribution in [1.82, 2.24) is 14.8 Å². The van der Waals surface area contributed by atoms with Gasteiger partial charge in [-0.15, -0.1) is 16.4 Å². The van der Waals surface area contributed by atoms with Crippen molar-refractivity contribution in [1.29, 1.82) is 0 Å². The fourth-order valence-corrected chi connectivity index (χ4v) is 3.60. The van der Waals surface area contributed by atoms with Gasteiger partial charge in [0.05, 0.1) is 15.5 Å². The SMILES string of the molecule is CC(OC(=O)c1nc(-c2cccs2)n(-c2ccc(F)cc2)n1)C(=O)Nc1ccc([N+](=O)[O-])cc1. The fraction of sp³-hybridized carbons (Fsp3) is 0.0909. The number of hydrogen-bond acceptors (Lipinski definition) is 8. The first kappa shape index (κ1) is 22.7. The van der Waals surface area contributed by atoms with E-state index in [0.717, 1.165) is 4.88 Å². The Kier molecular flexibility index (Phi) is 6.41. The molecular formula is C22H16FN5O5S. The molecule has 0 aliphatic rings. The molecule has 2 heterocycles. The third-order valence-corrected chi connectivity index (χ3v) is 5.47. The summed E-state index contributed by atoms with van der Waals surface area (Å²) in [5.41, 5.74) is 0.666. The zero-order valence-electron chi connectivity index (χ0n) is 17.5. The van der Waals surface area contributed by atoms with E-state index in [1.54, 1.807) is 6.07 Å². The van der Waals surface area contributed by atoms with Crippen LogP contribution in [0.5, 0.6) is 0 Å². The van der Waals surface area contributed by atoms with Gasteiger partial charge >= 0.3 is 5.97 Å². The largest absolute Gasteiger partial charge is 0.447 e. The van der Waals surface area contributed by atoms with Crippen LogP contribution in [0.1, 0.15) is 17.5 Å². The van der Waals surface area contributed by atoms with Crippen molar-refractivity contribution < 1.29 is 23.6 Å². The molecule has 12 heteroatoms. The highest BCUT2D eigenvalue weighted by Gasteiger charge is 2.25. The van der Waals surface area contributed by atoms with Crippen LogP contribution in [0.4, 0.5) is 15.8 Å². The van der Waals surface area contributed by atoms with E-state index in [1.807, 2.05) is 11.4 Å². The summed E-state index contributed by atoms with van der Waals surface area (Å²) in [7, 11) is 0. The number of nitrogens with zero attached hydrogens (tertiary/aromatic N) is 4. The summed E-state index contributed by atoms with van der Waals surface area (Å²) in [6.07, 6.45) is -1.20. The second-order valence-electron chi connectivity index (χ2n) is 6.97. The van der Waals surface area contributed by atoms with Crippen LogP contribution in [0.15, 0.2) is 66.0 Å². The minimum absolute atomic E-state index is 0.123. The molecule has 172 valence electrons. The van der Waals surface area contributed by atoms with Gasteiger partial charge in [-0.05, 0) is 54.8 Å². The van der Waals surface area contributed by atoms with Crippen molar-refractivity contribution in [3.63, 3.8) is 0 Å². The quantitative estimate of drug-likeness (QED) is 0.238. The van der Waals surface area contributed by atoms with E-state index in [2.05, 4.69) is 15.4 Å². The first-order valence-corrected chi connectivity index (χ1v) is 10.7. The number of nitro groups is 1. The molecule has 2 aromatic heterocycles. The molecule has 34 heavy (non-hydrogen) atoms. The summed E-state index contributed by atoms with van der Waals surface area (Å²) in [4.78, 5) is 40.3. The molecule has 1 N–H and O–H groups in total. The Balaban J connectivity index is 1.51. The Morgan fingerprint density at radius 2 is 1.85 bits per heavy atom. The van der Waals surface area contributed by atoms with E-state index in [-0.39, 0.29) is 11.5 Å². The molecule has 1 amide bonds. The molecular weight excluding hydrogens is 465 g/mol. The lowest BCUT2D eigenvalue weighted by atomic mass is 10.2. The van der Waals surface area contributed by atoms with Gasteiger partial charge in [-0.2, -0.15) is 4.98 Å². The van der Waals surface area contributed by atoms with Gasteiger partial charge in [-0.25, -0.2) is 13.9 Å². The highest BCUT2D eigenvalue weighted by Crippen LogP contribution is 2.26. The van der Waals surface area contributed by atoms with Crippen LogP contribution in [0.25, 0.3) is 16.4 Å². The third kappa shape index (κ3) is 4.96. The highest BCUT2D eigenvalue weighted by atomic mass is 32.1. The molecule has 0 radical (unpaired) electrons. The average molecular weight is 481 g/mol. The van der Waals surface area contributed by atoms with E-state index in [9.17, 15) is 24.1 Å². The van der Waals surface area contributed by atoms with Crippen LogP contribution in [0.2, 0.25) is 0 Å². The van der Waals surface area contributed by atoms with Gasteiger partial charge in [0.25, 0.3) is 17.4 Å². The number of esters is 1. The maximum atomic E-state index is 13.4. The number of benzene rings is 2. The maximum Gasteiger partial charge on any atom is 0.379 e. The Morgan fingerprint density at radius 1 is 1.15 bits per heavy atom. The van der Waals surface area contributed by atoms with Crippen LogP contribution < -0.4 is 5.32 Å². The number of aromatic nitrogens is 3. The standard InChI is InChI=1S/C22H16FN5O5S/c1-13(21(29)24-15-6-10-17(11-7-15)28(31)32)33-22(30)19-25-20(18-3-2-12-34-18)27(26-19)16-8-4-14(23)5-9-16/h2-13H,1H3,(H,24,29). The van der Waals surface area contributed by atoms with Crippen molar-refractivity contribution in [2.75, 3.05) is 5.32 Å². The number of nitrogens with one attached hydrogen (secondary N) is 1. The number of nitro benzene ring substituents is 1. The van der Waals surface area contributed by atoms with Crippen LogP contribution in [0, 0.1) is 15.9 Å². The van der Waals surface area contributed by atoms with Gasteiger partial charge < -0.3 is 10.1 Å². The van der Waals surface area contributed by atoms with Crippen molar-refractivity contribution in [2.45, 2.75) is 13.0 Å². The molecule has 0 bridgehead atoms. The molecule has 0 fully saturated rings. The number of hydrogen-bond donors (Lipinski definition) is 1. The molecule has 2 aromatic carbocycles. The maximum absolute atomic E-state index is 13.4. The molecule has 0 spiro atoms. The topological polar surface area (TPSA) is 129 Å². The number of rotatable bonds is 7. The van der Waals surface area contributed by atoms with Crippen molar-refractivity contribution in [3.8, 4) is 16.4 Å². The van der Waals surface area contributed by atoms with Gasteiger partial charge in [0, 0.05) is 17.8 Å². The van der Waals surface area contributed by atoms with Gasteiger partial charge in [0.2, 0.25) is 0 Å². The first-order chi connectivity index (χ1) is 16.3. The first-order valence-electron chi connectivity index (χ1n) is 9.85. The summed E-state index contributed by atoms with van der Waals surface area (Å²) in [6.45, 7) is 1.37. The number of carbonyl (C=O) groups excluding carboxylic acids is 2. The average Bonchev–Trinajstić information content (AvgIpc) is 3.50. The number of amides is 1. The molecule has 0 saturated carbocycles. The van der Waals surface area contributed by atoms with E-state index >= 15 is 0 Å². The van der Waals surface area contributed by atoms with E-state index in [0.29, 0.717) is 17.2 Å². The summed E-state index contributed by atoms with van der Waals surface area (Å²) in [6, 6.07) is 14.3. The third-order valence-electron chi connectivity index (χ3n) is 4.60. The number of halogens is 1. The second-order valence-corrected chi connectivity index (χ2v) is 7.91. The monoisotopic (exact) mass is 481 g/mol. The number of thiophene rings is 1. The van der Waals surface area contributed by atoms with Crippen LogP contribution >= 0.6 is 11.3 Å². The van der Waals surface area contributed by atoms with Crippen molar-refractivity contribution in [2.24, 2.45) is 0 Å². The Morgan fingerprint density at radius 3 is 2.47 bits per heavy atom. The Bertz CT molecular complexity index is 1340. The number of anilines is 1. The highest BCUT2D eigenvalue weighted by molar-refractivity contribution is 7.13. The summed E-state index contributed by atoms with van der Waals surface area (Å²) < 4.78 is 20.0. The van der Waals surface area contributed by atoms with Gasteiger partial charge in [-0.1, -0.05) is 6.07 Å². The van der Waals surface area contributed by atoms with Gasteiger partial charge in [0.1, 0.15) is 5.82 Å². The Labute approximate surface area is 195 Å². The smallest absolute Gasteiger partial charge is 0.379 e. The van der Waals surface area contributed by atoms with Crippen molar-refractivity contribution >= 4 is 34.6 Å². The van der Waals surface area contributed by atoms with E-state index < -0.39 is 28.7 Å². The Hall–Kier alpha value is -4.45. The van der Waals surface area contributed by atoms with E-state index in [1.165, 1.54) is 71.5 Å². The normalized spacial score (nSPS) is 11.6. The van der Waals surface area contributed by atoms with Crippen LogP contribution in [-0.2, 0) is 9.53 Å². The molecule has 0 saturated heterocycles. The molecule has 1 atom stereocenters. The molecule has 0 aliphatic heterocycles. The molecule has 10 nitrogen and oxygen atoms in total. The predicted molar refractivity (Wildman–Crippen MR) is 121 cm³/mol. The number of carbonyl (C=O) groups is 2. The number of ether oxygens (including phenoxy) is 1. The van der Waals surface area contributed by atoms with Gasteiger partial charge in [-0.3, -0.25) is 14.9 Å². The lowest BCUT2D eigenvalue weighted by Crippen LogP contribution is -2.30. The lowest BCUT2D eigenvalue weighted by molar-refractivity contribution is -0.384. The fourth-order valence-electron chi connectivity index (χ4n) is 2.90. The zero-order valence-corrected chi connectivity index (χ0v) is 18.4. The van der Waals surface area contributed by atoms with Crippen LogP contribution in [-0.4, -0.2) is 37.7 Å². The van der Waals surface area contributed by atoms with Crippen LogP contribution in [0.3, 0.4) is 0 Å². The molecule has 0 aliphatic carbocycles. The summed E-state index contributed by atoms with van der Waals surface area (Å²) in [5.74, 6) is -1.91. The predicted octanol–water partition coefficient (Wildman–Crippen LogP) is 4.23. The van der Waals surface area contributed by atoms with Crippen molar-refractivity contribution in [3.05, 3.63) is 87.8 Å². The molecule has 4 aromatic rings. The summed E-state index contributed by atoms with van der Waals surface area (Å²) >= 11 is 1.38. The minimum atomic E-state index is -1.20. The van der Waals surface area contributed by atoms with Gasteiger partial charge in [0.15, 0.2) is 11.9 Å². The number of non-ortho nitro benzene ring substituents is 1. The molecule has 4 rings (SSSR count). The van der Waals surface area contributed by atoms with E-state index in [4.69, 9.17) is 4.74 Å². The molecule has 1 unspecified atom stereocenters.